The molecule has 0 aromatic heterocycles. The molecule has 7 heteroatoms. The van der Waals surface area contributed by atoms with Crippen LogP contribution in [0.3, 0.4) is 0 Å². The predicted octanol–water partition coefficient (Wildman–Crippen LogP) is 1.77. The van der Waals surface area contributed by atoms with E-state index in [2.05, 4.69) is 0 Å². The highest BCUT2D eigenvalue weighted by atomic mass is 16.7. The standard InChI is InChI=1S/C18H23NO6/c1-12(2)19-10-14(20)16(18(19)22)17(21)13-6-4-5-7-15(13)25-11-24-9-8-23-3/h4-7,12,21H,8-11H2,1-3H3/b17-16-. The molecule has 0 unspecified atom stereocenters. The lowest BCUT2D eigenvalue weighted by Gasteiger charge is -2.18. The number of aliphatic hydroxyl groups excluding tert-OH is 1. The Labute approximate surface area is 146 Å². The number of hydrogen-bond donors (Lipinski definition) is 1. The van der Waals surface area contributed by atoms with Crippen molar-refractivity contribution in [3.8, 4) is 5.75 Å². The summed E-state index contributed by atoms with van der Waals surface area (Å²) in [6.45, 7) is 4.38. The number of ketones is 1. The summed E-state index contributed by atoms with van der Waals surface area (Å²) in [6, 6.07) is 6.52. The number of benzene rings is 1. The number of methoxy groups -OCH3 is 1. The Balaban J connectivity index is 2.23. The van der Waals surface area contributed by atoms with Crippen molar-refractivity contribution >= 4 is 17.4 Å². The van der Waals surface area contributed by atoms with Gasteiger partial charge in [-0.3, -0.25) is 9.59 Å². The van der Waals surface area contributed by atoms with E-state index in [1.165, 1.54) is 4.90 Å². The van der Waals surface area contributed by atoms with E-state index >= 15 is 0 Å². The van der Waals surface area contributed by atoms with Gasteiger partial charge in [-0.05, 0) is 26.0 Å². The van der Waals surface area contributed by atoms with E-state index in [0.29, 0.717) is 19.0 Å². The maximum atomic E-state index is 12.4. The predicted molar refractivity (Wildman–Crippen MR) is 91.2 cm³/mol. The molecule has 1 N–H and O–H groups in total. The summed E-state index contributed by atoms with van der Waals surface area (Å²) in [4.78, 5) is 26.0. The molecule has 25 heavy (non-hydrogen) atoms. The van der Waals surface area contributed by atoms with E-state index in [4.69, 9.17) is 14.2 Å². The second kappa shape index (κ2) is 8.64. The first-order valence-electron chi connectivity index (χ1n) is 8.03. The Morgan fingerprint density at radius 3 is 2.60 bits per heavy atom. The van der Waals surface area contributed by atoms with Crippen LogP contribution in [0.2, 0.25) is 0 Å². The van der Waals surface area contributed by atoms with E-state index < -0.39 is 11.7 Å². The second-order valence-electron chi connectivity index (χ2n) is 5.83. The lowest BCUT2D eigenvalue weighted by Crippen LogP contribution is -2.32. The van der Waals surface area contributed by atoms with Gasteiger partial charge in [0, 0.05) is 13.2 Å². The zero-order valence-electron chi connectivity index (χ0n) is 14.7. The van der Waals surface area contributed by atoms with E-state index in [1.54, 1.807) is 31.4 Å². The molecule has 0 spiro atoms. The van der Waals surface area contributed by atoms with Gasteiger partial charge >= 0.3 is 0 Å². The Morgan fingerprint density at radius 2 is 1.96 bits per heavy atom. The summed E-state index contributed by atoms with van der Waals surface area (Å²) in [6.07, 6.45) is 0. The van der Waals surface area contributed by atoms with Gasteiger partial charge in [-0.1, -0.05) is 12.1 Å². The van der Waals surface area contributed by atoms with Crippen molar-refractivity contribution < 1.29 is 28.9 Å². The normalized spacial score (nSPS) is 16.7. The highest BCUT2D eigenvalue weighted by Crippen LogP contribution is 2.30. The van der Waals surface area contributed by atoms with Crippen LogP contribution in [0.15, 0.2) is 29.8 Å². The van der Waals surface area contributed by atoms with Gasteiger partial charge < -0.3 is 24.2 Å². The first-order valence-corrected chi connectivity index (χ1v) is 8.03. The maximum Gasteiger partial charge on any atom is 0.262 e. The van der Waals surface area contributed by atoms with Gasteiger partial charge in [-0.2, -0.15) is 0 Å². The summed E-state index contributed by atoms with van der Waals surface area (Å²) in [5.74, 6) is -0.912. The third kappa shape index (κ3) is 4.37. The zero-order chi connectivity index (χ0) is 18.4. The van der Waals surface area contributed by atoms with Gasteiger partial charge in [-0.15, -0.1) is 0 Å². The summed E-state index contributed by atoms with van der Waals surface area (Å²) in [5, 5.41) is 10.6. The molecule has 0 aliphatic carbocycles. The number of para-hydroxylation sites is 1. The van der Waals surface area contributed by atoms with Crippen molar-refractivity contribution in [1.29, 1.82) is 0 Å². The molecule has 1 saturated heterocycles. The number of hydrogen-bond acceptors (Lipinski definition) is 6. The van der Waals surface area contributed by atoms with Crippen molar-refractivity contribution in [2.24, 2.45) is 0 Å². The van der Waals surface area contributed by atoms with E-state index in [0.717, 1.165) is 0 Å². The van der Waals surface area contributed by atoms with Crippen LogP contribution in [0.4, 0.5) is 0 Å². The summed E-state index contributed by atoms with van der Waals surface area (Å²) in [5.41, 5.74) is 0.0743. The molecule has 1 amide bonds. The van der Waals surface area contributed by atoms with Gasteiger partial charge in [0.1, 0.15) is 17.1 Å². The first-order chi connectivity index (χ1) is 12.0. The molecule has 1 heterocycles. The number of carbonyl (C=O) groups excluding carboxylic acids is 2. The van der Waals surface area contributed by atoms with Crippen molar-refractivity contribution in [2.45, 2.75) is 19.9 Å². The summed E-state index contributed by atoms with van der Waals surface area (Å²) in [7, 11) is 1.57. The molecule has 0 radical (unpaired) electrons. The minimum absolute atomic E-state index is 0.0287. The molecule has 1 aliphatic heterocycles. The third-order valence-electron chi connectivity index (χ3n) is 3.80. The van der Waals surface area contributed by atoms with Crippen molar-refractivity contribution in [3.63, 3.8) is 0 Å². The van der Waals surface area contributed by atoms with E-state index in [9.17, 15) is 14.7 Å². The molecular formula is C18H23NO6. The van der Waals surface area contributed by atoms with Crippen LogP contribution in [0.5, 0.6) is 5.75 Å². The molecule has 1 aromatic carbocycles. The fourth-order valence-corrected chi connectivity index (χ4v) is 2.45. The Kier molecular flexibility index (Phi) is 6.55. The molecule has 1 fully saturated rings. The molecule has 1 aromatic rings. The number of ether oxygens (including phenoxy) is 3. The Hall–Kier alpha value is -2.38. The first kappa shape index (κ1) is 19.0. The molecule has 136 valence electrons. The van der Waals surface area contributed by atoms with Crippen molar-refractivity contribution in [3.05, 3.63) is 35.4 Å². The van der Waals surface area contributed by atoms with Gasteiger partial charge in [-0.25, -0.2) is 0 Å². The number of rotatable bonds is 8. The molecule has 0 saturated carbocycles. The van der Waals surface area contributed by atoms with Gasteiger partial charge in [0.2, 0.25) is 0 Å². The van der Waals surface area contributed by atoms with Crippen LogP contribution in [-0.4, -0.2) is 61.4 Å². The highest BCUT2D eigenvalue weighted by Gasteiger charge is 2.38. The summed E-state index contributed by atoms with van der Waals surface area (Å²) >= 11 is 0. The van der Waals surface area contributed by atoms with Gasteiger partial charge in [0.25, 0.3) is 5.91 Å². The quantitative estimate of drug-likeness (QED) is 0.253. The minimum atomic E-state index is -0.469. The molecule has 2 rings (SSSR count). The van der Waals surface area contributed by atoms with E-state index in [-0.39, 0.29) is 36.3 Å². The fourth-order valence-electron chi connectivity index (χ4n) is 2.45. The number of nitrogens with zero attached hydrogens (tertiary/aromatic N) is 1. The molecular weight excluding hydrogens is 326 g/mol. The number of likely N-dealkylation sites (tertiary alicyclic amines) is 1. The van der Waals surface area contributed by atoms with Crippen LogP contribution in [0, 0.1) is 0 Å². The van der Waals surface area contributed by atoms with Crippen LogP contribution >= 0.6 is 0 Å². The lowest BCUT2D eigenvalue weighted by atomic mass is 10.1. The second-order valence-corrected chi connectivity index (χ2v) is 5.83. The number of aliphatic hydroxyl groups is 1. The monoisotopic (exact) mass is 349 g/mol. The number of Topliss-reactive ketones (excluding diaryl/α,β-unsaturated/α-hetero) is 1. The topological polar surface area (TPSA) is 85.3 Å². The minimum Gasteiger partial charge on any atom is -0.506 e. The number of amides is 1. The third-order valence-corrected chi connectivity index (χ3v) is 3.80. The smallest absolute Gasteiger partial charge is 0.262 e. The molecule has 1 aliphatic rings. The molecule has 0 atom stereocenters. The van der Waals surface area contributed by atoms with E-state index in [1.807, 2.05) is 13.8 Å². The van der Waals surface area contributed by atoms with Crippen LogP contribution in [0.1, 0.15) is 19.4 Å². The van der Waals surface area contributed by atoms with Gasteiger partial charge in [0.15, 0.2) is 12.6 Å². The largest absolute Gasteiger partial charge is 0.506 e. The lowest BCUT2D eigenvalue weighted by molar-refractivity contribution is -0.126. The average molecular weight is 349 g/mol. The van der Waals surface area contributed by atoms with Crippen molar-refractivity contribution in [2.75, 3.05) is 33.7 Å². The summed E-state index contributed by atoms with van der Waals surface area (Å²) < 4.78 is 15.6. The van der Waals surface area contributed by atoms with Crippen LogP contribution in [-0.2, 0) is 19.1 Å². The Morgan fingerprint density at radius 1 is 1.24 bits per heavy atom. The average Bonchev–Trinajstić information content (AvgIpc) is 2.89. The highest BCUT2D eigenvalue weighted by molar-refractivity contribution is 6.28. The van der Waals surface area contributed by atoms with Gasteiger partial charge in [0.05, 0.1) is 25.3 Å². The Bertz CT molecular complexity index is 667. The fraction of sp³-hybridized carbons (Fsp3) is 0.444. The maximum absolute atomic E-state index is 12.4. The zero-order valence-corrected chi connectivity index (χ0v) is 14.7. The van der Waals surface area contributed by atoms with Crippen LogP contribution in [0.25, 0.3) is 5.76 Å². The number of carbonyl (C=O) groups is 2. The van der Waals surface area contributed by atoms with Crippen molar-refractivity contribution in [1.82, 2.24) is 4.90 Å². The SMILES string of the molecule is COCCOCOc1ccccc1/C(O)=C1\C(=O)CN(C(C)C)C1=O. The molecule has 0 bridgehead atoms. The van der Waals surface area contributed by atoms with Crippen LogP contribution < -0.4 is 4.74 Å². The molecule has 7 nitrogen and oxygen atoms in total.